The fraction of sp³-hybridized carbons (Fsp3) is 0.750. The maximum atomic E-state index is 11.8. The molecule has 2 unspecified atom stereocenters. The molecular formula is C20H28O6. The Morgan fingerprint density at radius 3 is 2.50 bits per heavy atom. The summed E-state index contributed by atoms with van der Waals surface area (Å²) in [4.78, 5) is 11.8. The molecule has 0 aromatic rings. The number of allylic oxidation sites excluding steroid dienone is 2. The first-order valence-corrected chi connectivity index (χ1v) is 9.48. The molecule has 1 spiro atoms. The molecule has 0 bridgehead atoms. The van der Waals surface area contributed by atoms with E-state index in [-0.39, 0.29) is 35.7 Å². The van der Waals surface area contributed by atoms with Gasteiger partial charge in [0.15, 0.2) is 0 Å². The van der Waals surface area contributed by atoms with Gasteiger partial charge in [-0.1, -0.05) is 19.9 Å². The molecule has 0 aromatic heterocycles. The quantitative estimate of drug-likeness (QED) is 0.385. The highest BCUT2D eigenvalue weighted by Gasteiger charge is 2.64. The van der Waals surface area contributed by atoms with Gasteiger partial charge in [0.05, 0.1) is 24.9 Å². The van der Waals surface area contributed by atoms with Crippen LogP contribution in [-0.2, 0) is 14.3 Å². The summed E-state index contributed by atoms with van der Waals surface area (Å²) in [6, 6.07) is 0. The normalized spacial score (nSPS) is 51.0. The standard InChI is InChI=1S/C20H28O6/c1-18-7-6-16(23)19(2,10-21)14(18)5-8-20(11-26-20)15(18)4-3-12-13(22)9-25-17(12)24/h3-4,13-14,16,21-23H,5-11H2,1-2H3/b12-3+,15-4-/t13-,14?,16-,18+,19+,20?/m1/s1. The Balaban J connectivity index is 1.76. The van der Waals surface area contributed by atoms with Crippen molar-refractivity contribution < 1.29 is 29.6 Å². The van der Waals surface area contributed by atoms with Crippen LogP contribution in [0, 0.1) is 16.7 Å². The first-order chi connectivity index (χ1) is 12.3. The maximum Gasteiger partial charge on any atom is 0.336 e. The zero-order chi connectivity index (χ0) is 18.7. The number of hydrogen-bond acceptors (Lipinski definition) is 6. The third-order valence-electron chi connectivity index (χ3n) is 7.44. The zero-order valence-electron chi connectivity index (χ0n) is 15.4. The van der Waals surface area contributed by atoms with Crippen LogP contribution in [0.2, 0.25) is 0 Å². The molecule has 0 amide bonds. The number of cyclic esters (lactones) is 1. The van der Waals surface area contributed by atoms with Crippen LogP contribution in [0.15, 0.2) is 23.3 Å². The summed E-state index contributed by atoms with van der Waals surface area (Å²) in [5.41, 5.74) is 0.318. The van der Waals surface area contributed by atoms with Gasteiger partial charge in [-0.05, 0) is 48.7 Å². The largest absolute Gasteiger partial charge is 0.459 e. The Morgan fingerprint density at radius 1 is 1.19 bits per heavy atom. The average Bonchev–Trinajstić information content (AvgIpc) is 3.31. The maximum absolute atomic E-state index is 11.8. The van der Waals surface area contributed by atoms with E-state index < -0.39 is 23.6 Å². The van der Waals surface area contributed by atoms with Gasteiger partial charge in [0.25, 0.3) is 0 Å². The second-order valence-corrected chi connectivity index (χ2v) is 8.83. The van der Waals surface area contributed by atoms with Gasteiger partial charge in [-0.2, -0.15) is 0 Å². The highest BCUT2D eigenvalue weighted by Crippen LogP contribution is 2.65. The molecule has 3 N–H and O–H groups in total. The smallest absolute Gasteiger partial charge is 0.336 e. The van der Waals surface area contributed by atoms with Gasteiger partial charge in [0.2, 0.25) is 0 Å². The molecule has 6 heteroatoms. The van der Waals surface area contributed by atoms with Crippen molar-refractivity contribution >= 4 is 5.97 Å². The number of aliphatic hydroxyl groups excluding tert-OH is 3. The first-order valence-electron chi connectivity index (χ1n) is 9.48. The molecule has 2 saturated carbocycles. The molecule has 0 radical (unpaired) electrons. The van der Waals surface area contributed by atoms with E-state index in [0.29, 0.717) is 13.0 Å². The summed E-state index contributed by atoms with van der Waals surface area (Å²) in [5.74, 6) is -0.347. The molecule has 2 saturated heterocycles. The van der Waals surface area contributed by atoms with E-state index in [1.165, 1.54) is 0 Å². The highest BCUT2D eigenvalue weighted by molar-refractivity contribution is 5.92. The fourth-order valence-corrected chi connectivity index (χ4v) is 5.66. The summed E-state index contributed by atoms with van der Waals surface area (Å²) >= 11 is 0. The van der Waals surface area contributed by atoms with Gasteiger partial charge < -0.3 is 24.8 Å². The molecule has 144 valence electrons. The number of hydrogen-bond donors (Lipinski definition) is 3. The Kier molecular flexibility index (Phi) is 4.12. The second kappa shape index (κ2) is 5.89. The highest BCUT2D eigenvalue weighted by atomic mass is 16.6. The molecule has 2 aliphatic heterocycles. The number of carbonyl (C=O) groups is 1. The van der Waals surface area contributed by atoms with Gasteiger partial charge in [0, 0.05) is 5.41 Å². The number of fused-ring (bicyclic) bond motifs is 1. The first kappa shape index (κ1) is 18.2. The predicted octanol–water partition coefficient (Wildman–Crippen LogP) is 1.10. The third kappa shape index (κ3) is 2.43. The Hall–Kier alpha value is -1.21. The van der Waals surface area contributed by atoms with Crippen molar-refractivity contribution in [2.45, 2.75) is 57.3 Å². The van der Waals surface area contributed by atoms with E-state index in [2.05, 4.69) is 6.92 Å². The van der Waals surface area contributed by atoms with Crippen LogP contribution in [0.5, 0.6) is 0 Å². The monoisotopic (exact) mass is 364 g/mol. The minimum Gasteiger partial charge on any atom is -0.459 e. The molecule has 4 rings (SSSR count). The molecule has 2 heterocycles. The zero-order valence-corrected chi connectivity index (χ0v) is 15.4. The van der Waals surface area contributed by atoms with Crippen LogP contribution < -0.4 is 0 Å². The van der Waals surface area contributed by atoms with E-state index in [1.807, 2.05) is 13.0 Å². The number of epoxide rings is 1. The Labute approximate surface area is 153 Å². The fourth-order valence-electron chi connectivity index (χ4n) is 5.66. The van der Waals surface area contributed by atoms with Crippen molar-refractivity contribution in [1.29, 1.82) is 0 Å². The van der Waals surface area contributed by atoms with Gasteiger partial charge >= 0.3 is 5.97 Å². The van der Waals surface area contributed by atoms with E-state index in [9.17, 15) is 20.1 Å². The molecular weight excluding hydrogens is 336 g/mol. The summed E-state index contributed by atoms with van der Waals surface area (Å²) < 4.78 is 10.8. The summed E-state index contributed by atoms with van der Waals surface area (Å²) in [5, 5.41) is 30.6. The molecule has 2 aliphatic carbocycles. The Bertz CT molecular complexity index is 678. The lowest BCUT2D eigenvalue weighted by Crippen LogP contribution is -2.57. The van der Waals surface area contributed by atoms with Crippen molar-refractivity contribution in [3.63, 3.8) is 0 Å². The van der Waals surface area contributed by atoms with Crippen molar-refractivity contribution in [3.8, 4) is 0 Å². The average molecular weight is 364 g/mol. The second-order valence-electron chi connectivity index (χ2n) is 8.83. The SMILES string of the molecule is C[C@]1(CO)C2CCC3(CO3)/C(=C\C=C3\C(=O)OC[C@H]3O)[C@@]2(C)CC[C@H]1O. The predicted molar refractivity (Wildman–Crippen MR) is 93.1 cm³/mol. The van der Waals surface area contributed by atoms with Crippen molar-refractivity contribution in [2.24, 2.45) is 16.7 Å². The summed E-state index contributed by atoms with van der Waals surface area (Å²) in [6.45, 7) is 4.77. The molecule has 6 nitrogen and oxygen atoms in total. The van der Waals surface area contributed by atoms with E-state index in [1.54, 1.807) is 6.08 Å². The van der Waals surface area contributed by atoms with Gasteiger partial charge in [-0.25, -0.2) is 4.79 Å². The van der Waals surface area contributed by atoms with Crippen LogP contribution in [0.3, 0.4) is 0 Å². The Morgan fingerprint density at radius 2 is 1.92 bits per heavy atom. The molecule has 0 aromatic carbocycles. The van der Waals surface area contributed by atoms with Crippen molar-refractivity contribution in [2.75, 3.05) is 19.8 Å². The minimum atomic E-state index is -0.890. The number of esters is 1. The molecule has 6 atom stereocenters. The third-order valence-corrected chi connectivity index (χ3v) is 7.44. The number of rotatable bonds is 2. The van der Waals surface area contributed by atoms with Crippen LogP contribution in [-0.4, -0.2) is 58.9 Å². The number of ether oxygens (including phenoxy) is 2. The lowest BCUT2D eigenvalue weighted by atomic mass is 9.47. The van der Waals surface area contributed by atoms with Crippen molar-refractivity contribution in [1.82, 2.24) is 0 Å². The van der Waals surface area contributed by atoms with Gasteiger partial charge in [-0.3, -0.25) is 0 Å². The number of carbonyl (C=O) groups excluding carboxylic acids is 1. The van der Waals surface area contributed by atoms with E-state index >= 15 is 0 Å². The van der Waals surface area contributed by atoms with E-state index in [4.69, 9.17) is 9.47 Å². The number of aliphatic hydroxyl groups is 3. The lowest BCUT2D eigenvalue weighted by Gasteiger charge is -2.58. The molecule has 4 aliphatic rings. The topological polar surface area (TPSA) is 99.5 Å². The minimum absolute atomic E-state index is 0.00412. The van der Waals surface area contributed by atoms with Crippen LogP contribution in [0.25, 0.3) is 0 Å². The lowest BCUT2D eigenvalue weighted by molar-refractivity contribution is -0.135. The van der Waals surface area contributed by atoms with Crippen molar-refractivity contribution in [3.05, 3.63) is 23.3 Å². The molecule has 4 fully saturated rings. The van der Waals surface area contributed by atoms with Crippen LogP contribution in [0.1, 0.15) is 39.5 Å². The van der Waals surface area contributed by atoms with Crippen LogP contribution >= 0.6 is 0 Å². The van der Waals surface area contributed by atoms with Crippen LogP contribution in [0.4, 0.5) is 0 Å². The molecule has 26 heavy (non-hydrogen) atoms. The summed E-state index contributed by atoms with van der Waals surface area (Å²) in [6.07, 6.45) is 5.36. The summed E-state index contributed by atoms with van der Waals surface area (Å²) in [7, 11) is 0. The van der Waals surface area contributed by atoms with E-state index in [0.717, 1.165) is 24.8 Å². The van der Waals surface area contributed by atoms with Gasteiger partial charge in [0.1, 0.15) is 18.3 Å². The van der Waals surface area contributed by atoms with Gasteiger partial charge in [-0.15, -0.1) is 0 Å².